The van der Waals surface area contributed by atoms with Gasteiger partial charge in [-0.3, -0.25) is 14.3 Å². The Bertz CT molecular complexity index is 945. The summed E-state index contributed by atoms with van der Waals surface area (Å²) in [6.07, 6.45) is 9.79. The first-order valence-corrected chi connectivity index (χ1v) is 13.3. The van der Waals surface area contributed by atoms with Crippen molar-refractivity contribution in [3.63, 3.8) is 0 Å². The Kier molecular flexibility index (Phi) is 6.53. The summed E-state index contributed by atoms with van der Waals surface area (Å²) in [7, 11) is 0. The lowest BCUT2D eigenvalue weighted by atomic mass is 9.49. The van der Waals surface area contributed by atoms with Gasteiger partial charge in [0.15, 0.2) is 0 Å². The number of nitrogens with zero attached hydrogens (tertiary/aromatic N) is 4. The van der Waals surface area contributed by atoms with E-state index in [1.165, 1.54) is 38.5 Å². The number of aromatic nitrogens is 2. The summed E-state index contributed by atoms with van der Waals surface area (Å²) >= 11 is 0. The first-order chi connectivity index (χ1) is 16.7. The Morgan fingerprint density at radius 1 is 1.06 bits per heavy atom. The zero-order valence-corrected chi connectivity index (χ0v) is 21.3. The van der Waals surface area contributed by atoms with Gasteiger partial charge < -0.3 is 19.9 Å². The van der Waals surface area contributed by atoms with Crippen LogP contribution in [0.4, 0.5) is 10.5 Å². The zero-order valence-electron chi connectivity index (χ0n) is 21.3. The van der Waals surface area contributed by atoms with Crippen molar-refractivity contribution in [2.75, 3.05) is 38.1 Å². The molecule has 3 amide bonds. The van der Waals surface area contributed by atoms with Gasteiger partial charge in [-0.2, -0.15) is 5.10 Å². The van der Waals surface area contributed by atoms with Crippen LogP contribution in [0.25, 0.3) is 0 Å². The van der Waals surface area contributed by atoms with E-state index in [-0.39, 0.29) is 23.3 Å². The Balaban J connectivity index is 1.17. The van der Waals surface area contributed by atoms with Gasteiger partial charge in [0.2, 0.25) is 11.8 Å². The van der Waals surface area contributed by atoms with E-state index in [4.69, 9.17) is 4.74 Å². The van der Waals surface area contributed by atoms with Crippen LogP contribution in [0.1, 0.15) is 70.5 Å². The number of carbonyl (C=O) groups is 3. The van der Waals surface area contributed by atoms with Crippen molar-refractivity contribution in [2.24, 2.45) is 23.2 Å². The van der Waals surface area contributed by atoms with E-state index in [0.29, 0.717) is 44.9 Å². The van der Waals surface area contributed by atoms with Gasteiger partial charge in [0, 0.05) is 38.8 Å². The summed E-state index contributed by atoms with van der Waals surface area (Å²) in [5.74, 6) is 2.50. The molecule has 35 heavy (non-hydrogen) atoms. The maximum absolute atomic E-state index is 13.1. The topological polar surface area (TPSA) is 96.8 Å². The first-order valence-electron chi connectivity index (χ1n) is 13.3. The molecule has 1 atom stereocenters. The van der Waals surface area contributed by atoms with Gasteiger partial charge in [-0.15, -0.1) is 0 Å². The van der Waals surface area contributed by atoms with E-state index in [1.807, 2.05) is 13.8 Å². The van der Waals surface area contributed by atoms with E-state index in [1.54, 1.807) is 27.6 Å². The van der Waals surface area contributed by atoms with Crippen molar-refractivity contribution in [1.29, 1.82) is 0 Å². The number of anilines is 1. The van der Waals surface area contributed by atoms with Crippen molar-refractivity contribution in [1.82, 2.24) is 19.6 Å². The smallest absolute Gasteiger partial charge is 0.409 e. The second-order valence-corrected chi connectivity index (χ2v) is 11.4. The number of ether oxygens (including phenoxy) is 1. The highest BCUT2D eigenvalue weighted by atomic mass is 16.6. The van der Waals surface area contributed by atoms with Crippen LogP contribution >= 0.6 is 0 Å². The van der Waals surface area contributed by atoms with Crippen LogP contribution in [0.2, 0.25) is 0 Å². The van der Waals surface area contributed by atoms with E-state index in [2.05, 4.69) is 10.4 Å². The van der Waals surface area contributed by atoms with E-state index >= 15 is 0 Å². The maximum Gasteiger partial charge on any atom is 0.409 e. The fourth-order valence-electron chi connectivity index (χ4n) is 7.55. The number of aryl methyl sites for hydroxylation is 1. The molecule has 0 aromatic carbocycles. The average molecular weight is 486 g/mol. The molecule has 0 radical (unpaired) electrons. The highest BCUT2D eigenvalue weighted by Crippen LogP contribution is 2.61. The molecule has 1 aliphatic heterocycles. The number of piperazine rings is 1. The third kappa shape index (κ3) is 4.91. The summed E-state index contributed by atoms with van der Waals surface area (Å²) in [6.45, 7) is 7.68. The van der Waals surface area contributed by atoms with Crippen LogP contribution in [-0.4, -0.2) is 70.3 Å². The van der Waals surface area contributed by atoms with Gasteiger partial charge in [-0.05, 0) is 82.5 Å². The van der Waals surface area contributed by atoms with Crippen molar-refractivity contribution in [3.05, 3.63) is 11.9 Å². The third-order valence-electron chi connectivity index (χ3n) is 8.76. The first kappa shape index (κ1) is 24.1. The van der Waals surface area contributed by atoms with E-state index in [0.717, 1.165) is 23.4 Å². The standard InChI is InChI=1S/C26H39N5O4/c1-4-35-25(34)30-7-5-29(6-8-30)24(33)18(3)31-16-22(17(2)28-31)27-23(32)15-26-12-19-9-20(13-26)11-21(10-19)14-26/h16,18-21H,4-15H2,1-3H3,(H,27,32). The lowest BCUT2D eigenvalue weighted by molar-refractivity contribution is -0.136. The van der Waals surface area contributed by atoms with Crippen LogP contribution in [0.5, 0.6) is 0 Å². The SMILES string of the molecule is CCOC(=O)N1CCN(C(=O)C(C)n2cc(NC(=O)CC34CC5CC(CC(C5)C3)C4)c(C)n2)CC1. The molecule has 4 saturated carbocycles. The molecule has 1 saturated heterocycles. The molecule has 9 nitrogen and oxygen atoms in total. The molecule has 1 N–H and O–H groups in total. The van der Waals surface area contributed by atoms with Crippen LogP contribution in [0.3, 0.4) is 0 Å². The minimum atomic E-state index is -0.489. The van der Waals surface area contributed by atoms with Gasteiger partial charge in [0.05, 0.1) is 18.0 Å². The monoisotopic (exact) mass is 485 g/mol. The molecule has 4 aliphatic carbocycles. The van der Waals surface area contributed by atoms with Crippen molar-refractivity contribution in [2.45, 2.75) is 71.8 Å². The summed E-state index contributed by atoms with van der Waals surface area (Å²) < 4.78 is 6.70. The lowest BCUT2D eigenvalue weighted by Gasteiger charge is -2.56. The number of hydrogen-bond donors (Lipinski definition) is 1. The molecule has 6 rings (SSSR count). The van der Waals surface area contributed by atoms with Crippen molar-refractivity contribution >= 4 is 23.6 Å². The molecule has 1 aromatic heterocycles. The molecule has 5 fully saturated rings. The second kappa shape index (κ2) is 9.47. The van der Waals surface area contributed by atoms with Crippen LogP contribution in [0.15, 0.2) is 6.20 Å². The van der Waals surface area contributed by atoms with Gasteiger partial charge in [-0.25, -0.2) is 4.79 Å². The lowest BCUT2D eigenvalue weighted by Crippen LogP contribution is -2.52. The predicted octanol–water partition coefficient (Wildman–Crippen LogP) is 3.60. The fourth-order valence-corrected chi connectivity index (χ4v) is 7.55. The minimum Gasteiger partial charge on any atom is -0.450 e. The van der Waals surface area contributed by atoms with Crippen LogP contribution in [0, 0.1) is 30.1 Å². The number of carbonyl (C=O) groups excluding carboxylic acids is 3. The van der Waals surface area contributed by atoms with Gasteiger partial charge in [-0.1, -0.05) is 0 Å². The summed E-state index contributed by atoms with van der Waals surface area (Å²) in [5, 5.41) is 7.65. The van der Waals surface area contributed by atoms with Gasteiger partial charge in [0.25, 0.3) is 0 Å². The fraction of sp³-hybridized carbons (Fsp3) is 0.769. The zero-order chi connectivity index (χ0) is 24.7. The van der Waals surface area contributed by atoms with E-state index < -0.39 is 6.04 Å². The number of nitrogens with one attached hydrogen (secondary N) is 1. The number of rotatable bonds is 6. The predicted molar refractivity (Wildman–Crippen MR) is 131 cm³/mol. The van der Waals surface area contributed by atoms with Crippen molar-refractivity contribution < 1.29 is 19.1 Å². The van der Waals surface area contributed by atoms with Gasteiger partial charge in [0.1, 0.15) is 6.04 Å². The molecule has 2 heterocycles. The van der Waals surface area contributed by atoms with Gasteiger partial charge >= 0.3 is 6.09 Å². The molecule has 5 aliphatic rings. The Morgan fingerprint density at radius 2 is 1.63 bits per heavy atom. The minimum absolute atomic E-state index is 0.0394. The Morgan fingerprint density at radius 3 is 2.20 bits per heavy atom. The molecule has 9 heteroatoms. The summed E-state index contributed by atoms with van der Waals surface area (Å²) in [5.41, 5.74) is 1.60. The molecular weight excluding hydrogens is 446 g/mol. The third-order valence-corrected chi connectivity index (χ3v) is 8.76. The summed E-state index contributed by atoms with van der Waals surface area (Å²) in [6, 6.07) is -0.489. The molecule has 192 valence electrons. The van der Waals surface area contributed by atoms with Crippen LogP contribution in [-0.2, 0) is 14.3 Å². The van der Waals surface area contributed by atoms with E-state index in [9.17, 15) is 14.4 Å². The van der Waals surface area contributed by atoms with Crippen molar-refractivity contribution in [3.8, 4) is 0 Å². The Hall–Kier alpha value is -2.58. The number of hydrogen-bond acceptors (Lipinski definition) is 5. The number of amides is 3. The second-order valence-electron chi connectivity index (χ2n) is 11.4. The highest BCUT2D eigenvalue weighted by Gasteiger charge is 2.51. The van der Waals surface area contributed by atoms with Crippen LogP contribution < -0.4 is 5.32 Å². The summed E-state index contributed by atoms with van der Waals surface area (Å²) in [4.78, 5) is 41.5. The largest absolute Gasteiger partial charge is 0.450 e. The normalized spacial score (nSPS) is 30.3. The highest BCUT2D eigenvalue weighted by molar-refractivity contribution is 5.91. The molecule has 0 spiro atoms. The Labute approximate surface area is 207 Å². The maximum atomic E-state index is 13.1. The quantitative estimate of drug-likeness (QED) is 0.664. The average Bonchev–Trinajstić information content (AvgIpc) is 3.17. The molecular formula is C26H39N5O4. The molecule has 4 bridgehead atoms. The molecule has 1 unspecified atom stereocenters. The molecule has 1 aromatic rings.